The van der Waals surface area contributed by atoms with Crippen LogP contribution in [0.2, 0.25) is 0 Å². The minimum atomic E-state index is 0.795. The van der Waals surface area contributed by atoms with E-state index in [1.165, 1.54) is 0 Å². The van der Waals surface area contributed by atoms with Crippen molar-refractivity contribution in [1.29, 1.82) is 0 Å². The second kappa shape index (κ2) is 7.93. The molecule has 1 aromatic carbocycles. The molecule has 4 heteroatoms. The van der Waals surface area contributed by atoms with Crippen molar-refractivity contribution in [3.63, 3.8) is 0 Å². The number of nitrogens with zero attached hydrogens (tertiary/aromatic N) is 1. The number of nitrogens with one attached hydrogen (secondary N) is 1. The van der Waals surface area contributed by atoms with E-state index < -0.39 is 0 Å². The zero-order valence-electron chi connectivity index (χ0n) is 11.4. The van der Waals surface area contributed by atoms with Crippen molar-refractivity contribution in [2.24, 2.45) is 0 Å². The molecular formula is C14H22N2OS. The second-order valence-corrected chi connectivity index (χ2v) is 4.53. The quantitative estimate of drug-likeness (QED) is 0.796. The summed E-state index contributed by atoms with van der Waals surface area (Å²) in [6, 6.07) is 7.80. The van der Waals surface area contributed by atoms with Crippen LogP contribution in [0.15, 0.2) is 24.3 Å². The standard InChI is InChI=1S/C14H22N2OS/c1-4-10-16(11-5-2)14(18)15-12-6-8-13(17-3)9-7-12/h6-9H,4-5,10-11H2,1-3H3,(H,15,18). The Morgan fingerprint density at radius 3 is 2.17 bits per heavy atom. The van der Waals surface area contributed by atoms with Gasteiger partial charge in [-0.05, 0) is 49.3 Å². The summed E-state index contributed by atoms with van der Waals surface area (Å²) in [4.78, 5) is 2.21. The van der Waals surface area contributed by atoms with Crippen LogP contribution in [-0.2, 0) is 0 Å². The molecule has 1 N–H and O–H groups in total. The summed E-state index contributed by atoms with van der Waals surface area (Å²) in [5.41, 5.74) is 0.998. The molecule has 18 heavy (non-hydrogen) atoms. The minimum Gasteiger partial charge on any atom is -0.497 e. The van der Waals surface area contributed by atoms with Gasteiger partial charge in [-0.3, -0.25) is 0 Å². The molecule has 0 amide bonds. The monoisotopic (exact) mass is 266 g/mol. The highest BCUT2D eigenvalue weighted by molar-refractivity contribution is 7.80. The van der Waals surface area contributed by atoms with Crippen LogP contribution >= 0.6 is 12.2 Å². The highest BCUT2D eigenvalue weighted by Gasteiger charge is 2.07. The second-order valence-electron chi connectivity index (χ2n) is 4.15. The van der Waals surface area contributed by atoms with E-state index in [2.05, 4.69) is 24.1 Å². The van der Waals surface area contributed by atoms with Crippen LogP contribution in [0.3, 0.4) is 0 Å². The Morgan fingerprint density at radius 2 is 1.72 bits per heavy atom. The molecule has 1 aromatic rings. The molecule has 0 fully saturated rings. The van der Waals surface area contributed by atoms with Crippen molar-refractivity contribution in [2.45, 2.75) is 26.7 Å². The van der Waals surface area contributed by atoms with Crippen molar-refractivity contribution in [3.8, 4) is 5.75 Å². The molecule has 0 saturated heterocycles. The predicted molar refractivity (Wildman–Crippen MR) is 81.4 cm³/mol. The van der Waals surface area contributed by atoms with Gasteiger partial charge in [-0.15, -0.1) is 0 Å². The first-order valence-electron chi connectivity index (χ1n) is 6.41. The number of anilines is 1. The maximum Gasteiger partial charge on any atom is 0.173 e. The predicted octanol–water partition coefficient (Wildman–Crippen LogP) is 3.51. The Labute approximate surface area is 115 Å². The summed E-state index contributed by atoms with van der Waals surface area (Å²) in [6.45, 7) is 6.32. The molecule has 0 aliphatic heterocycles. The van der Waals surface area contributed by atoms with Crippen LogP contribution in [-0.4, -0.2) is 30.2 Å². The van der Waals surface area contributed by atoms with Crippen LogP contribution in [0.25, 0.3) is 0 Å². The molecule has 0 saturated carbocycles. The first-order valence-corrected chi connectivity index (χ1v) is 6.82. The van der Waals surface area contributed by atoms with Crippen molar-refractivity contribution < 1.29 is 4.74 Å². The number of benzene rings is 1. The lowest BCUT2D eigenvalue weighted by Crippen LogP contribution is -2.35. The molecule has 0 radical (unpaired) electrons. The molecule has 3 nitrogen and oxygen atoms in total. The lowest BCUT2D eigenvalue weighted by molar-refractivity contribution is 0.415. The summed E-state index contributed by atoms with van der Waals surface area (Å²) < 4.78 is 5.13. The summed E-state index contributed by atoms with van der Waals surface area (Å²) in [6.07, 6.45) is 2.20. The smallest absolute Gasteiger partial charge is 0.173 e. The van der Waals surface area contributed by atoms with Gasteiger partial charge in [0, 0.05) is 18.8 Å². The molecule has 0 bridgehead atoms. The molecule has 100 valence electrons. The Bertz CT molecular complexity index is 359. The van der Waals surface area contributed by atoms with Crippen LogP contribution in [0.4, 0.5) is 5.69 Å². The number of hydrogen-bond acceptors (Lipinski definition) is 2. The Kier molecular flexibility index (Phi) is 6.50. The fraction of sp³-hybridized carbons (Fsp3) is 0.500. The van der Waals surface area contributed by atoms with Crippen LogP contribution in [0, 0.1) is 0 Å². The zero-order chi connectivity index (χ0) is 13.4. The Morgan fingerprint density at radius 1 is 1.17 bits per heavy atom. The van der Waals surface area contributed by atoms with Gasteiger partial charge in [0.1, 0.15) is 5.75 Å². The van der Waals surface area contributed by atoms with E-state index >= 15 is 0 Å². The van der Waals surface area contributed by atoms with Gasteiger partial charge in [0.2, 0.25) is 0 Å². The minimum absolute atomic E-state index is 0.795. The highest BCUT2D eigenvalue weighted by Crippen LogP contribution is 2.15. The van der Waals surface area contributed by atoms with Crippen molar-refractivity contribution in [2.75, 3.05) is 25.5 Å². The molecule has 0 aromatic heterocycles. The number of ether oxygens (including phenoxy) is 1. The van der Waals surface area contributed by atoms with Crippen molar-refractivity contribution in [3.05, 3.63) is 24.3 Å². The lowest BCUT2D eigenvalue weighted by Gasteiger charge is -2.24. The average Bonchev–Trinajstić information content (AvgIpc) is 2.39. The third-order valence-corrected chi connectivity index (χ3v) is 2.98. The lowest BCUT2D eigenvalue weighted by atomic mass is 10.3. The molecular weight excluding hydrogens is 244 g/mol. The summed E-state index contributed by atoms with van der Waals surface area (Å²) in [7, 11) is 1.66. The number of thiocarbonyl (C=S) groups is 1. The summed E-state index contributed by atoms with van der Waals surface area (Å²) in [5, 5.41) is 4.06. The number of hydrogen-bond donors (Lipinski definition) is 1. The fourth-order valence-corrected chi connectivity index (χ4v) is 2.03. The fourth-order valence-electron chi connectivity index (χ4n) is 1.73. The third-order valence-electron chi connectivity index (χ3n) is 2.62. The zero-order valence-corrected chi connectivity index (χ0v) is 12.2. The van der Waals surface area contributed by atoms with E-state index in [-0.39, 0.29) is 0 Å². The summed E-state index contributed by atoms with van der Waals surface area (Å²) >= 11 is 5.43. The van der Waals surface area contributed by atoms with E-state index in [1.807, 2.05) is 24.3 Å². The topological polar surface area (TPSA) is 24.5 Å². The Hall–Kier alpha value is -1.29. The molecule has 0 aliphatic rings. The van der Waals surface area contributed by atoms with E-state index in [4.69, 9.17) is 17.0 Å². The third kappa shape index (κ3) is 4.53. The molecule has 0 aliphatic carbocycles. The SMILES string of the molecule is CCCN(CCC)C(=S)Nc1ccc(OC)cc1. The first kappa shape index (κ1) is 14.8. The normalized spacial score (nSPS) is 9.94. The van der Waals surface area contributed by atoms with E-state index in [0.717, 1.165) is 42.5 Å². The van der Waals surface area contributed by atoms with E-state index in [1.54, 1.807) is 7.11 Å². The number of methoxy groups -OCH3 is 1. The molecule has 0 unspecified atom stereocenters. The van der Waals surface area contributed by atoms with Gasteiger partial charge in [-0.2, -0.15) is 0 Å². The van der Waals surface area contributed by atoms with Gasteiger partial charge in [0.15, 0.2) is 5.11 Å². The maximum absolute atomic E-state index is 5.43. The van der Waals surface area contributed by atoms with Crippen molar-refractivity contribution >= 4 is 23.0 Å². The molecule has 0 spiro atoms. The van der Waals surface area contributed by atoms with Gasteiger partial charge in [0.05, 0.1) is 7.11 Å². The van der Waals surface area contributed by atoms with Crippen LogP contribution in [0.5, 0.6) is 5.75 Å². The van der Waals surface area contributed by atoms with Crippen LogP contribution in [0.1, 0.15) is 26.7 Å². The molecule has 0 atom stereocenters. The van der Waals surface area contributed by atoms with Gasteiger partial charge in [-0.1, -0.05) is 13.8 Å². The summed E-state index contributed by atoms with van der Waals surface area (Å²) in [5.74, 6) is 0.852. The highest BCUT2D eigenvalue weighted by atomic mass is 32.1. The van der Waals surface area contributed by atoms with Gasteiger partial charge in [-0.25, -0.2) is 0 Å². The van der Waals surface area contributed by atoms with Crippen molar-refractivity contribution in [1.82, 2.24) is 4.90 Å². The van der Waals surface area contributed by atoms with Gasteiger partial charge < -0.3 is 15.0 Å². The van der Waals surface area contributed by atoms with Crippen LogP contribution < -0.4 is 10.1 Å². The number of rotatable bonds is 6. The average molecular weight is 266 g/mol. The first-order chi connectivity index (χ1) is 8.71. The van der Waals surface area contributed by atoms with E-state index in [9.17, 15) is 0 Å². The largest absolute Gasteiger partial charge is 0.497 e. The maximum atomic E-state index is 5.43. The van der Waals surface area contributed by atoms with E-state index in [0.29, 0.717) is 0 Å². The molecule has 0 heterocycles. The Balaban J connectivity index is 2.60. The molecule has 1 rings (SSSR count). The van der Waals surface area contributed by atoms with Gasteiger partial charge in [0.25, 0.3) is 0 Å². The van der Waals surface area contributed by atoms with Gasteiger partial charge >= 0.3 is 0 Å².